The molecule has 2 aromatic carbocycles. The van der Waals surface area contributed by atoms with Crippen molar-refractivity contribution in [1.82, 2.24) is 0 Å². The van der Waals surface area contributed by atoms with E-state index in [-0.39, 0.29) is 12.4 Å². The molecule has 2 aromatic rings. The van der Waals surface area contributed by atoms with Crippen LogP contribution in [-0.2, 0) is 0 Å². The van der Waals surface area contributed by atoms with E-state index in [0.29, 0.717) is 5.75 Å². The first-order valence-corrected chi connectivity index (χ1v) is 8.16. The van der Waals surface area contributed by atoms with Crippen molar-refractivity contribution < 1.29 is 9.53 Å². The van der Waals surface area contributed by atoms with E-state index in [1.54, 1.807) is 0 Å². The van der Waals surface area contributed by atoms with Crippen molar-refractivity contribution in [2.24, 2.45) is 0 Å². The second kappa shape index (κ2) is 6.75. The molecule has 0 atom stereocenters. The summed E-state index contributed by atoms with van der Waals surface area (Å²) in [5.41, 5.74) is 4.02. The summed E-state index contributed by atoms with van der Waals surface area (Å²) in [6, 6.07) is 9.64. The summed E-state index contributed by atoms with van der Waals surface area (Å²) in [6.45, 7) is 6.03. The van der Waals surface area contributed by atoms with Crippen LogP contribution >= 0.6 is 31.9 Å². The molecule has 21 heavy (non-hydrogen) atoms. The SMILES string of the molecule is Cc1cc(C)c(C(=O)COc2c(Br)cccc2Br)cc1C. The van der Waals surface area contributed by atoms with Crippen molar-refractivity contribution in [3.63, 3.8) is 0 Å². The molecule has 0 aromatic heterocycles. The highest BCUT2D eigenvalue weighted by Crippen LogP contribution is 2.33. The Kier molecular flexibility index (Phi) is 5.22. The molecule has 0 saturated heterocycles. The molecule has 0 bridgehead atoms. The third kappa shape index (κ3) is 3.74. The number of carbonyl (C=O) groups excluding carboxylic acids is 1. The summed E-state index contributed by atoms with van der Waals surface area (Å²) in [5, 5.41) is 0. The van der Waals surface area contributed by atoms with Crippen LogP contribution in [0.15, 0.2) is 39.3 Å². The first-order chi connectivity index (χ1) is 9.90. The molecule has 0 amide bonds. The number of ether oxygens (including phenoxy) is 1. The average molecular weight is 412 g/mol. The van der Waals surface area contributed by atoms with Crippen LogP contribution in [0.1, 0.15) is 27.0 Å². The predicted octanol–water partition coefficient (Wildman–Crippen LogP) is 5.40. The Morgan fingerprint density at radius 1 is 1.00 bits per heavy atom. The van der Waals surface area contributed by atoms with Crippen LogP contribution in [0.4, 0.5) is 0 Å². The summed E-state index contributed by atoms with van der Waals surface area (Å²) < 4.78 is 7.31. The molecule has 0 aliphatic rings. The maximum atomic E-state index is 12.4. The number of hydrogen-bond donors (Lipinski definition) is 0. The maximum absolute atomic E-state index is 12.4. The molecular weight excluding hydrogens is 396 g/mol. The van der Waals surface area contributed by atoms with Gasteiger partial charge in [0.25, 0.3) is 0 Å². The molecule has 0 heterocycles. The van der Waals surface area contributed by atoms with Gasteiger partial charge in [0.05, 0.1) is 8.95 Å². The Morgan fingerprint density at radius 2 is 1.57 bits per heavy atom. The van der Waals surface area contributed by atoms with Gasteiger partial charge in [-0.25, -0.2) is 0 Å². The molecule has 2 rings (SSSR count). The fourth-order valence-electron chi connectivity index (χ4n) is 2.10. The highest BCUT2D eigenvalue weighted by atomic mass is 79.9. The largest absolute Gasteiger partial charge is 0.483 e. The van der Waals surface area contributed by atoms with E-state index in [9.17, 15) is 4.79 Å². The van der Waals surface area contributed by atoms with Crippen LogP contribution in [0.2, 0.25) is 0 Å². The Morgan fingerprint density at radius 3 is 2.19 bits per heavy atom. The van der Waals surface area contributed by atoms with Gasteiger partial charge in [0.2, 0.25) is 0 Å². The zero-order valence-corrected chi connectivity index (χ0v) is 15.3. The lowest BCUT2D eigenvalue weighted by Crippen LogP contribution is -2.14. The number of ketones is 1. The second-order valence-electron chi connectivity index (χ2n) is 5.01. The van der Waals surface area contributed by atoms with E-state index < -0.39 is 0 Å². The molecule has 2 nitrogen and oxygen atoms in total. The summed E-state index contributed by atoms with van der Waals surface area (Å²) in [6.07, 6.45) is 0. The second-order valence-corrected chi connectivity index (χ2v) is 6.72. The lowest BCUT2D eigenvalue weighted by molar-refractivity contribution is 0.0920. The molecule has 0 N–H and O–H groups in total. The standard InChI is InChI=1S/C17H16Br2O2/c1-10-7-12(3)13(8-11(10)2)16(20)9-21-17-14(18)5-4-6-15(17)19/h4-8H,9H2,1-3H3. The molecule has 0 aliphatic carbocycles. The molecule has 0 aliphatic heterocycles. The predicted molar refractivity (Wildman–Crippen MR) is 92.3 cm³/mol. The highest BCUT2D eigenvalue weighted by Gasteiger charge is 2.13. The van der Waals surface area contributed by atoms with Gasteiger partial charge in [-0.2, -0.15) is 0 Å². The molecule has 0 saturated carbocycles. The minimum Gasteiger partial charge on any atom is -0.483 e. The number of aryl methyl sites for hydroxylation is 3. The van der Waals surface area contributed by atoms with E-state index in [1.165, 1.54) is 5.56 Å². The van der Waals surface area contributed by atoms with E-state index in [4.69, 9.17) is 4.74 Å². The minimum atomic E-state index is -0.0155. The topological polar surface area (TPSA) is 26.3 Å². The number of para-hydroxylation sites is 1. The van der Waals surface area contributed by atoms with Gasteiger partial charge in [0, 0.05) is 5.56 Å². The Hall–Kier alpha value is -1.13. The van der Waals surface area contributed by atoms with Crippen LogP contribution < -0.4 is 4.74 Å². The van der Waals surface area contributed by atoms with Gasteiger partial charge in [-0.3, -0.25) is 4.79 Å². The van der Waals surface area contributed by atoms with Gasteiger partial charge < -0.3 is 4.74 Å². The third-order valence-electron chi connectivity index (χ3n) is 3.41. The molecule has 110 valence electrons. The molecule has 4 heteroatoms. The van der Waals surface area contributed by atoms with E-state index in [2.05, 4.69) is 31.9 Å². The number of rotatable bonds is 4. The van der Waals surface area contributed by atoms with Crippen molar-refractivity contribution in [3.8, 4) is 5.75 Å². The molecular formula is C17H16Br2O2. The zero-order valence-electron chi connectivity index (χ0n) is 12.2. The Labute approximate surface area is 141 Å². The summed E-state index contributed by atoms with van der Waals surface area (Å²) in [7, 11) is 0. The minimum absolute atomic E-state index is 0.0155. The van der Waals surface area contributed by atoms with Gasteiger partial charge in [-0.15, -0.1) is 0 Å². The normalized spacial score (nSPS) is 10.5. The van der Waals surface area contributed by atoms with E-state index in [1.807, 2.05) is 51.1 Å². The molecule has 0 unspecified atom stereocenters. The van der Waals surface area contributed by atoms with Crippen LogP contribution in [0, 0.1) is 20.8 Å². The van der Waals surface area contributed by atoms with Crippen LogP contribution in [0.5, 0.6) is 5.75 Å². The lowest BCUT2D eigenvalue weighted by Gasteiger charge is -2.12. The van der Waals surface area contributed by atoms with Gasteiger partial charge in [-0.1, -0.05) is 12.1 Å². The fourth-order valence-corrected chi connectivity index (χ4v) is 3.32. The number of carbonyl (C=O) groups is 1. The number of benzene rings is 2. The average Bonchev–Trinajstić information content (AvgIpc) is 2.42. The van der Waals surface area contributed by atoms with Crippen molar-refractivity contribution in [3.05, 3.63) is 61.5 Å². The molecule has 0 fully saturated rings. The highest BCUT2D eigenvalue weighted by molar-refractivity contribution is 9.11. The van der Waals surface area contributed by atoms with E-state index >= 15 is 0 Å². The quantitative estimate of drug-likeness (QED) is 0.629. The van der Waals surface area contributed by atoms with Crippen LogP contribution in [0.25, 0.3) is 0 Å². The van der Waals surface area contributed by atoms with Crippen molar-refractivity contribution in [2.75, 3.05) is 6.61 Å². The number of hydrogen-bond acceptors (Lipinski definition) is 2. The summed E-state index contributed by atoms with van der Waals surface area (Å²) in [4.78, 5) is 12.4. The first kappa shape index (κ1) is 16.2. The van der Waals surface area contributed by atoms with Crippen LogP contribution in [0.3, 0.4) is 0 Å². The van der Waals surface area contributed by atoms with Crippen molar-refractivity contribution in [2.45, 2.75) is 20.8 Å². The molecule has 0 radical (unpaired) electrons. The van der Waals surface area contributed by atoms with Gasteiger partial charge in [-0.05, 0) is 87.5 Å². The fraction of sp³-hybridized carbons (Fsp3) is 0.235. The van der Waals surface area contributed by atoms with E-state index in [0.717, 1.165) is 25.6 Å². The number of halogens is 2. The maximum Gasteiger partial charge on any atom is 0.200 e. The van der Waals surface area contributed by atoms with Crippen molar-refractivity contribution in [1.29, 1.82) is 0 Å². The summed E-state index contributed by atoms with van der Waals surface area (Å²) >= 11 is 6.85. The monoisotopic (exact) mass is 410 g/mol. The zero-order chi connectivity index (χ0) is 15.6. The van der Waals surface area contributed by atoms with Gasteiger partial charge in [0.15, 0.2) is 12.4 Å². The smallest absolute Gasteiger partial charge is 0.200 e. The third-order valence-corrected chi connectivity index (χ3v) is 4.66. The van der Waals surface area contributed by atoms with Crippen molar-refractivity contribution >= 4 is 37.6 Å². The van der Waals surface area contributed by atoms with Crippen LogP contribution in [-0.4, -0.2) is 12.4 Å². The molecule has 0 spiro atoms. The van der Waals surface area contributed by atoms with Gasteiger partial charge in [0.1, 0.15) is 5.75 Å². The first-order valence-electron chi connectivity index (χ1n) is 6.58. The Balaban J connectivity index is 2.18. The van der Waals surface area contributed by atoms with Gasteiger partial charge >= 0.3 is 0 Å². The lowest BCUT2D eigenvalue weighted by atomic mass is 9.98. The Bertz CT molecular complexity index is 673. The number of Topliss-reactive ketones (excluding diaryl/α,β-unsaturated/α-hetero) is 1. The summed E-state index contributed by atoms with van der Waals surface area (Å²) in [5.74, 6) is 0.630.